The highest BCUT2D eigenvalue weighted by Gasteiger charge is 2.31. The van der Waals surface area contributed by atoms with E-state index in [2.05, 4.69) is 16.8 Å². The molecule has 1 atom stereocenters. The number of fused-ring (bicyclic) bond motifs is 1. The van der Waals surface area contributed by atoms with Crippen molar-refractivity contribution in [1.29, 1.82) is 0 Å². The molecule has 0 aliphatic carbocycles. The molecule has 1 aromatic carbocycles. The summed E-state index contributed by atoms with van der Waals surface area (Å²) in [4.78, 5) is 14.4. The number of ether oxygens (including phenoxy) is 1. The average molecular weight is 396 g/mol. The van der Waals surface area contributed by atoms with Crippen LogP contribution in [0.25, 0.3) is 11.6 Å². The third-order valence-corrected chi connectivity index (χ3v) is 5.34. The van der Waals surface area contributed by atoms with Crippen molar-refractivity contribution in [2.24, 2.45) is 0 Å². The zero-order chi connectivity index (χ0) is 19.5. The number of furan rings is 1. The smallest absolute Gasteiger partial charge is 0.267 e. The Morgan fingerprint density at radius 1 is 1.25 bits per heavy atom. The quantitative estimate of drug-likeness (QED) is 0.449. The fraction of sp³-hybridized carbons (Fsp3) is 0.250. The molecule has 1 amide bonds. The molecule has 0 fully saturated rings. The van der Waals surface area contributed by atoms with E-state index in [1.54, 1.807) is 35.9 Å². The van der Waals surface area contributed by atoms with Crippen molar-refractivity contribution in [2.75, 3.05) is 17.2 Å². The van der Waals surface area contributed by atoms with Crippen molar-refractivity contribution in [3.8, 4) is 17.3 Å². The van der Waals surface area contributed by atoms with Crippen molar-refractivity contribution in [3.05, 3.63) is 55.3 Å². The number of carbonyl (C=O) groups is 1. The lowest BCUT2D eigenvalue weighted by Crippen LogP contribution is -2.45. The normalized spacial score (nSPS) is 16.0. The van der Waals surface area contributed by atoms with Crippen LogP contribution in [0.3, 0.4) is 0 Å². The Bertz CT molecular complexity index is 983. The van der Waals surface area contributed by atoms with Gasteiger partial charge in [-0.25, -0.2) is 0 Å². The second-order valence-corrected chi connectivity index (χ2v) is 7.31. The van der Waals surface area contributed by atoms with E-state index in [0.717, 1.165) is 16.6 Å². The third kappa shape index (κ3) is 3.43. The van der Waals surface area contributed by atoms with Crippen LogP contribution in [0, 0.1) is 0 Å². The van der Waals surface area contributed by atoms with Crippen LogP contribution >= 0.6 is 11.8 Å². The van der Waals surface area contributed by atoms with E-state index in [4.69, 9.17) is 9.15 Å². The molecule has 2 aromatic heterocycles. The second kappa shape index (κ2) is 7.93. The van der Waals surface area contributed by atoms with Crippen LogP contribution in [0.4, 0.5) is 5.69 Å². The summed E-state index contributed by atoms with van der Waals surface area (Å²) in [7, 11) is 0. The number of hydrogen-bond donors (Lipinski definition) is 0. The van der Waals surface area contributed by atoms with Crippen molar-refractivity contribution < 1.29 is 13.9 Å². The average Bonchev–Trinajstić information content (AvgIpc) is 3.35. The van der Waals surface area contributed by atoms with Gasteiger partial charge in [0.2, 0.25) is 5.82 Å². The molecule has 0 spiro atoms. The fourth-order valence-corrected chi connectivity index (χ4v) is 3.97. The molecule has 7 nitrogen and oxygen atoms in total. The van der Waals surface area contributed by atoms with Crippen molar-refractivity contribution in [1.82, 2.24) is 14.8 Å². The Kier molecular flexibility index (Phi) is 5.21. The molecular formula is C20H20N4O3S. The monoisotopic (exact) mass is 396 g/mol. The molecule has 3 heterocycles. The number of carbonyl (C=O) groups excluding carboxylic acids is 1. The largest absolute Gasteiger partial charge is 0.479 e. The summed E-state index contributed by atoms with van der Waals surface area (Å²) in [6, 6.07) is 11.3. The van der Waals surface area contributed by atoms with Gasteiger partial charge in [-0.05, 0) is 31.2 Å². The maximum absolute atomic E-state index is 12.6. The number of benzene rings is 1. The lowest BCUT2D eigenvalue weighted by atomic mass is 10.2. The van der Waals surface area contributed by atoms with Gasteiger partial charge in [-0.2, -0.15) is 0 Å². The lowest BCUT2D eigenvalue weighted by molar-refractivity contribution is -0.125. The first kappa shape index (κ1) is 18.4. The zero-order valence-corrected chi connectivity index (χ0v) is 16.3. The molecule has 1 aliphatic rings. The number of hydrogen-bond acceptors (Lipinski definition) is 6. The van der Waals surface area contributed by atoms with Gasteiger partial charge in [-0.15, -0.1) is 16.8 Å². The molecule has 3 aromatic rings. The number of thioether (sulfide) groups is 1. The summed E-state index contributed by atoms with van der Waals surface area (Å²) >= 11 is 1.54. The fourth-order valence-electron chi connectivity index (χ4n) is 3.09. The summed E-state index contributed by atoms with van der Waals surface area (Å²) < 4.78 is 13.1. The molecule has 0 N–H and O–H groups in total. The van der Waals surface area contributed by atoms with Crippen LogP contribution in [-0.4, -0.2) is 39.1 Å². The molecule has 0 saturated carbocycles. The minimum atomic E-state index is -0.491. The van der Waals surface area contributed by atoms with Crippen molar-refractivity contribution in [3.63, 3.8) is 0 Å². The van der Waals surface area contributed by atoms with E-state index in [1.807, 2.05) is 41.0 Å². The summed E-state index contributed by atoms with van der Waals surface area (Å²) in [6.07, 6.45) is 2.91. The molecule has 0 radical (unpaired) electrons. The van der Waals surface area contributed by atoms with Gasteiger partial charge in [0.15, 0.2) is 17.0 Å². The van der Waals surface area contributed by atoms with E-state index in [0.29, 0.717) is 30.4 Å². The van der Waals surface area contributed by atoms with Crippen LogP contribution in [0.5, 0.6) is 5.75 Å². The van der Waals surface area contributed by atoms with E-state index in [1.165, 1.54) is 0 Å². The number of para-hydroxylation sites is 2. The van der Waals surface area contributed by atoms with E-state index in [9.17, 15) is 4.79 Å². The van der Waals surface area contributed by atoms with Gasteiger partial charge in [0.05, 0.1) is 12.0 Å². The van der Waals surface area contributed by atoms with Crippen LogP contribution < -0.4 is 9.64 Å². The van der Waals surface area contributed by atoms with Gasteiger partial charge in [0.1, 0.15) is 5.75 Å². The van der Waals surface area contributed by atoms with Gasteiger partial charge in [0.25, 0.3) is 5.91 Å². The lowest BCUT2D eigenvalue weighted by Gasteiger charge is -2.32. The number of anilines is 1. The molecule has 0 saturated heterocycles. The SMILES string of the molecule is C=CCn1c(SCCN2C(=O)[C@H](C)Oc3ccccc32)nnc1-c1ccco1. The third-order valence-electron chi connectivity index (χ3n) is 4.39. The Morgan fingerprint density at radius 3 is 2.89 bits per heavy atom. The highest BCUT2D eigenvalue weighted by Crippen LogP contribution is 2.34. The van der Waals surface area contributed by atoms with Gasteiger partial charge in [-0.1, -0.05) is 30.0 Å². The standard InChI is InChI=1S/C20H20N4O3S/c1-3-10-24-18(17-9-6-12-26-17)21-22-20(24)28-13-11-23-15-7-4-5-8-16(15)27-14(2)19(23)25/h3-9,12,14H,1,10-11,13H2,2H3/t14-/m0/s1. The Balaban J connectivity index is 1.50. The maximum atomic E-state index is 12.6. The second-order valence-electron chi connectivity index (χ2n) is 6.25. The molecular weight excluding hydrogens is 376 g/mol. The van der Waals surface area contributed by atoms with E-state index >= 15 is 0 Å². The van der Waals surface area contributed by atoms with Crippen LogP contribution in [-0.2, 0) is 11.3 Å². The van der Waals surface area contributed by atoms with Crippen LogP contribution in [0.1, 0.15) is 6.92 Å². The minimum absolute atomic E-state index is 0.0388. The Morgan fingerprint density at radius 2 is 2.11 bits per heavy atom. The maximum Gasteiger partial charge on any atom is 0.267 e. The zero-order valence-electron chi connectivity index (χ0n) is 15.4. The predicted molar refractivity (Wildman–Crippen MR) is 108 cm³/mol. The van der Waals surface area contributed by atoms with Gasteiger partial charge >= 0.3 is 0 Å². The molecule has 0 bridgehead atoms. The van der Waals surface area contributed by atoms with Gasteiger partial charge < -0.3 is 14.1 Å². The molecule has 8 heteroatoms. The number of amides is 1. The molecule has 28 heavy (non-hydrogen) atoms. The molecule has 144 valence electrons. The number of allylic oxidation sites excluding steroid dienone is 1. The molecule has 1 aliphatic heterocycles. The van der Waals surface area contributed by atoms with E-state index < -0.39 is 6.10 Å². The van der Waals surface area contributed by atoms with E-state index in [-0.39, 0.29) is 5.91 Å². The number of rotatable bonds is 7. The predicted octanol–water partition coefficient (Wildman–Crippen LogP) is 3.63. The summed E-state index contributed by atoms with van der Waals surface area (Å²) in [5.74, 6) is 2.68. The van der Waals surface area contributed by atoms with Gasteiger partial charge in [0, 0.05) is 18.8 Å². The Hall–Kier alpha value is -3.00. The van der Waals surface area contributed by atoms with Crippen molar-refractivity contribution >= 4 is 23.4 Å². The first-order valence-corrected chi connectivity index (χ1v) is 9.95. The topological polar surface area (TPSA) is 73.4 Å². The van der Waals surface area contributed by atoms with Crippen LogP contribution in [0.2, 0.25) is 0 Å². The minimum Gasteiger partial charge on any atom is -0.479 e. The summed E-state index contributed by atoms with van der Waals surface area (Å²) in [6.45, 7) is 6.70. The van der Waals surface area contributed by atoms with Gasteiger partial charge in [-0.3, -0.25) is 9.36 Å². The molecule has 0 unspecified atom stereocenters. The number of aromatic nitrogens is 3. The molecule has 4 rings (SSSR count). The summed E-state index contributed by atoms with van der Waals surface area (Å²) in [5.41, 5.74) is 0.801. The van der Waals surface area contributed by atoms with Crippen molar-refractivity contribution in [2.45, 2.75) is 24.7 Å². The summed E-state index contributed by atoms with van der Waals surface area (Å²) in [5, 5.41) is 9.31. The number of nitrogens with zero attached hydrogens (tertiary/aromatic N) is 4. The van der Waals surface area contributed by atoms with Crippen LogP contribution in [0.15, 0.2) is 64.9 Å². The first-order chi connectivity index (χ1) is 13.7. The Labute approximate surface area is 167 Å². The highest BCUT2D eigenvalue weighted by molar-refractivity contribution is 7.99. The first-order valence-electron chi connectivity index (χ1n) is 8.97. The highest BCUT2D eigenvalue weighted by atomic mass is 32.2.